The summed E-state index contributed by atoms with van der Waals surface area (Å²) in [5.41, 5.74) is 3.88. The predicted molar refractivity (Wildman–Crippen MR) is 501 cm³/mol. The Morgan fingerprint density at radius 3 is 1.02 bits per heavy atom. The van der Waals surface area contributed by atoms with Crippen molar-refractivity contribution in [2.24, 2.45) is 5.73 Å². The van der Waals surface area contributed by atoms with Crippen LogP contribution in [0.3, 0.4) is 0 Å². The molecule has 3 radical (unpaired) electrons. The molecular formula is C95H154BF5LiN7O25-. The Morgan fingerprint density at radius 1 is 0.463 bits per heavy atom. The van der Waals surface area contributed by atoms with Gasteiger partial charge in [0.15, 0.2) is 0 Å². The first kappa shape index (κ1) is 131. The number of carbonyl (C=O) groups is 7. The van der Waals surface area contributed by atoms with Crippen LogP contribution in [0.1, 0.15) is 251 Å². The van der Waals surface area contributed by atoms with Crippen molar-refractivity contribution in [3.63, 3.8) is 0 Å². The molecule has 2 aliphatic carbocycles. The summed E-state index contributed by atoms with van der Waals surface area (Å²) in [5, 5.41) is 71.1. The number of esters is 2. The molecule has 14 N–H and O–H groups in total. The maximum Gasteiger partial charge on any atom is 1.00 e. The molecule has 1 aliphatic heterocycles. The van der Waals surface area contributed by atoms with E-state index in [0.29, 0.717) is 47.4 Å². The molecule has 2 saturated carbocycles. The van der Waals surface area contributed by atoms with Crippen molar-refractivity contribution in [3.05, 3.63) is 155 Å². The van der Waals surface area contributed by atoms with Crippen molar-refractivity contribution in [2.45, 2.75) is 314 Å². The normalized spacial score (nSPS) is 15.6. The van der Waals surface area contributed by atoms with E-state index in [-0.39, 0.29) is 161 Å². The minimum atomic E-state index is -0.757. The minimum absolute atomic E-state index is 0. The van der Waals surface area contributed by atoms with Crippen LogP contribution in [0.15, 0.2) is 91.0 Å². The zero-order chi connectivity index (χ0) is 100. The number of aromatic hydroxyl groups is 1. The Morgan fingerprint density at radius 2 is 0.746 bits per heavy atom. The summed E-state index contributed by atoms with van der Waals surface area (Å²) in [7, 11) is 2.36. The number of rotatable bonds is 25. The van der Waals surface area contributed by atoms with Gasteiger partial charge in [0.1, 0.15) is 121 Å². The summed E-state index contributed by atoms with van der Waals surface area (Å²) in [5.74, 6) is -2.63. The van der Waals surface area contributed by atoms with E-state index in [1.807, 2.05) is 6.92 Å². The maximum atomic E-state index is 13.7. The van der Waals surface area contributed by atoms with Gasteiger partial charge < -0.3 is 134 Å². The number of aliphatic hydroxyl groups is 5. The largest absolute Gasteiger partial charge is 1.00 e. The van der Waals surface area contributed by atoms with E-state index in [2.05, 4.69) is 41.4 Å². The Balaban J connectivity index is -0.000000364. The van der Waals surface area contributed by atoms with Gasteiger partial charge in [0.2, 0.25) is 0 Å². The fourth-order valence-electron chi connectivity index (χ4n) is 10.7. The van der Waals surface area contributed by atoms with Gasteiger partial charge in [-0.15, -0.1) is 0 Å². The van der Waals surface area contributed by atoms with Gasteiger partial charge in [-0.05, 0) is 281 Å². The number of methoxy groups -OCH3 is 2. The molecule has 0 spiro atoms. The van der Waals surface area contributed by atoms with E-state index in [0.717, 1.165) is 83.1 Å². The molecule has 759 valence electrons. The van der Waals surface area contributed by atoms with E-state index in [1.54, 1.807) is 145 Å². The second kappa shape index (κ2) is 68.4. The van der Waals surface area contributed by atoms with Crippen LogP contribution in [0.5, 0.6) is 28.7 Å². The number of benzene rings is 5. The number of alkyl carbamates (subject to hydrolysis) is 5. The summed E-state index contributed by atoms with van der Waals surface area (Å²) < 4.78 is 134. The standard InChI is InChI=1S/C20H31FN2O4.C16H22FNO5.2C15H22FNO4.C8H7FO3.C8H17NO3.C5H11NO.C4H8O.C2H6.CH4.CH3.B.Li.H/c1-13(11-23-19(25)27-20(2,3)4)26-18-9-8-15(21)10-14(18)12-22-16-6-5-7-17(16)24;1-10(9-18-15(20)23-16(2,3)4)22-13-7-6-11(17)8-12(13)14(19)21-5;2*1-10(8-17-14(19)21-15(2,3)4)20-13-6-5-12(16)7-11(13)9-18;1-12-8(11)6-4-5(9)2-3-7(6)10;1-6(10)5-9-7(11)12-8(2,3)4;6-4-2-1-3-5(4)7;1-2-4-5-3-1;1-2;;;;;/h8-10,13,16-17,22,24H,5-7,11-12H2,1-4H3,(H,23,25);6-8,10H,9H2,1-5H3,(H,18,20);2*5-7,10,18H,8-9H2,1-4H3,(H,17,19);2-4,10H,1H3;6,10H,5H2,1-4H3,(H,9,11);4-5,7H,1-3,6H2;1-4H2;1-2H3;1H4;1H3;;;/q;;;;;;;;;;-1;;+1;-1/t13-,16?,17?;3*10-;;6-;4-,5+;;;;;;;/m0000.11......./s1/i;;;;;;;;1D;;;;;. The fraction of sp³-hybridized carbons (Fsp3) is 0.600. The Kier molecular flexibility index (Phi) is 66.7. The molecule has 0 bridgehead atoms. The van der Waals surface area contributed by atoms with Crippen LogP contribution in [-0.2, 0) is 57.7 Å². The van der Waals surface area contributed by atoms with Crippen molar-refractivity contribution < 1.29 is 165 Å². The third-order valence-corrected chi connectivity index (χ3v) is 16.5. The van der Waals surface area contributed by atoms with Gasteiger partial charge in [-0.25, -0.2) is 55.5 Å². The predicted octanol–water partition coefficient (Wildman–Crippen LogP) is 13.0. The number of ether oxygens (including phenoxy) is 12. The first-order valence-corrected chi connectivity index (χ1v) is 42.8. The number of hydrogen-bond donors (Lipinski definition) is 13. The van der Waals surface area contributed by atoms with Gasteiger partial charge in [0, 0.05) is 64.9 Å². The van der Waals surface area contributed by atoms with Crippen LogP contribution < -0.4 is 75.4 Å². The fourth-order valence-corrected chi connectivity index (χ4v) is 10.7. The van der Waals surface area contributed by atoms with E-state index < -0.39 is 106 Å². The Bertz CT molecular complexity index is 4080. The molecule has 3 fully saturated rings. The second-order valence-electron chi connectivity index (χ2n) is 34.8. The number of carbonyl (C=O) groups excluding carboxylic acids is 7. The second-order valence-corrected chi connectivity index (χ2v) is 34.8. The zero-order valence-corrected chi connectivity index (χ0v) is 82.3. The van der Waals surface area contributed by atoms with Crippen LogP contribution in [0.4, 0.5) is 45.9 Å². The SMILES string of the molecule is C.C1CCOC1.COC(=O)c1cc(F)ccc1O.COC(=O)c1cc(F)ccc1O[C@@H](C)CNC(=O)OC(C)(C)C.C[C@@H](CNC(=O)OC(C)(C)C)Oc1ccc(F)cc1CNC1CCCC1O.C[C@@H](CNC(=O)OC(C)(C)C)Oc1ccc(F)cc1CO.C[C@@H](CNC(=O)OC(C)(C)C)Oc1ccc(F)cc1CO.C[C@@H](O)CNC(=O)OC(C)(C)C.N[C@@H]1CCC[C@@H]1O.[2H]CC.[B].[CH3-].[H-].[Li+]. The number of nitrogens with one attached hydrogen (secondary N) is 6. The number of aliphatic hydroxyl groups excluding tert-OH is 5. The number of halogens is 5. The van der Waals surface area contributed by atoms with Crippen molar-refractivity contribution in [3.8, 4) is 28.7 Å². The van der Waals surface area contributed by atoms with Crippen LogP contribution >= 0.6 is 0 Å². The number of nitrogens with two attached hydrogens (primary N) is 1. The Labute approximate surface area is 807 Å². The van der Waals surface area contributed by atoms with Crippen LogP contribution in [-0.4, -0.2) is 224 Å². The molecular weight excluding hydrogens is 1750 g/mol. The van der Waals surface area contributed by atoms with Gasteiger partial charge in [-0.2, -0.15) is 0 Å². The molecule has 39 heteroatoms. The average Bonchev–Trinajstić information content (AvgIpc) is 0.965. The molecule has 8 rings (SSSR count). The molecule has 5 aromatic rings. The van der Waals surface area contributed by atoms with Crippen molar-refractivity contribution in [1.29, 1.82) is 0 Å². The number of hydrogen-bond acceptors (Lipinski definition) is 27. The van der Waals surface area contributed by atoms with E-state index in [4.69, 9.17) is 80.0 Å². The summed E-state index contributed by atoms with van der Waals surface area (Å²) in [4.78, 5) is 79.7. The molecule has 32 nitrogen and oxygen atoms in total. The van der Waals surface area contributed by atoms with Gasteiger partial charge in [0.05, 0.1) is 71.9 Å². The molecule has 1 saturated heterocycles. The summed E-state index contributed by atoms with van der Waals surface area (Å²) in [6.45, 7) is 40.5. The van der Waals surface area contributed by atoms with E-state index in [9.17, 15) is 60.6 Å². The number of phenolic OH excluding ortho intramolecular Hbond substituents is 1. The number of amides is 5. The molecule has 0 aromatic heterocycles. The molecule has 2 unspecified atom stereocenters. The van der Waals surface area contributed by atoms with Crippen molar-refractivity contribution >= 4 is 50.8 Å². The van der Waals surface area contributed by atoms with E-state index in [1.165, 1.54) is 80.6 Å². The third-order valence-electron chi connectivity index (χ3n) is 16.5. The average molecular weight is 1910 g/mol. The van der Waals surface area contributed by atoms with Gasteiger partial charge >= 0.3 is 61.3 Å². The molecule has 134 heavy (non-hydrogen) atoms. The maximum absolute atomic E-state index is 13.7. The van der Waals surface area contributed by atoms with Gasteiger partial charge in [-0.1, -0.05) is 21.3 Å². The zero-order valence-electron chi connectivity index (χ0n) is 84.3. The van der Waals surface area contributed by atoms with Crippen LogP contribution in [0.25, 0.3) is 0 Å². The smallest absolute Gasteiger partial charge is 1.00 e. The van der Waals surface area contributed by atoms with Gasteiger partial charge in [0.25, 0.3) is 0 Å². The van der Waals surface area contributed by atoms with Crippen LogP contribution in [0.2, 0.25) is 0 Å². The van der Waals surface area contributed by atoms with Crippen LogP contribution in [0, 0.1) is 36.5 Å². The van der Waals surface area contributed by atoms with Gasteiger partial charge in [-0.3, -0.25) is 0 Å². The summed E-state index contributed by atoms with van der Waals surface area (Å²) in [6, 6.07) is 18.9. The topological polar surface area (TPSA) is 450 Å². The molecule has 1 heterocycles. The number of phenols is 1. The minimum Gasteiger partial charge on any atom is -1.00 e. The summed E-state index contributed by atoms with van der Waals surface area (Å²) >= 11 is 0. The molecule has 5 amide bonds. The van der Waals surface area contributed by atoms with E-state index >= 15 is 0 Å². The first-order chi connectivity index (χ1) is 60.8. The third kappa shape index (κ3) is 64.4. The van der Waals surface area contributed by atoms with Crippen molar-refractivity contribution in [1.82, 2.24) is 31.9 Å². The molecule has 3 aliphatic rings. The molecule has 9 atom stereocenters. The first-order valence-electron chi connectivity index (χ1n) is 43.5. The summed E-state index contributed by atoms with van der Waals surface area (Å²) in [6.07, 6.45) is 3.01. The quantitative estimate of drug-likeness (QED) is 0.00848. The Hall–Kier alpha value is -9.62. The monoisotopic (exact) mass is 1910 g/mol. The van der Waals surface area contributed by atoms with Crippen molar-refractivity contribution in [2.75, 3.05) is 60.2 Å². The molecule has 5 aromatic carbocycles.